The van der Waals surface area contributed by atoms with E-state index >= 15 is 0 Å². The van der Waals surface area contributed by atoms with Crippen molar-refractivity contribution in [1.82, 2.24) is 0 Å². The molecule has 1 rings (SSSR count). The van der Waals surface area contributed by atoms with Gasteiger partial charge in [-0.1, -0.05) is 39.8 Å². The molecule has 0 aromatic rings. The van der Waals surface area contributed by atoms with Gasteiger partial charge in [0, 0.05) is 6.21 Å². The maximum atomic E-state index is 4.54. The van der Waals surface area contributed by atoms with E-state index in [9.17, 15) is 0 Å². The highest BCUT2D eigenvalue weighted by molar-refractivity contribution is 5.80. The minimum Gasteiger partial charge on any atom is -0.283 e. The Bertz CT molecular complexity index is 267. The SMILES string of the molecule is CC.CCC1=CC(CC)=CC(C)(C)N=C1. The van der Waals surface area contributed by atoms with E-state index in [1.165, 1.54) is 11.1 Å². The highest BCUT2D eigenvalue weighted by Crippen LogP contribution is 2.21. The van der Waals surface area contributed by atoms with Gasteiger partial charge in [-0.3, -0.25) is 4.99 Å². The Morgan fingerprint density at radius 2 is 1.60 bits per heavy atom. The molecule has 1 nitrogen and oxygen atoms in total. The van der Waals surface area contributed by atoms with Gasteiger partial charge in [-0.25, -0.2) is 0 Å². The van der Waals surface area contributed by atoms with Crippen molar-refractivity contribution in [2.75, 3.05) is 0 Å². The van der Waals surface area contributed by atoms with E-state index in [-0.39, 0.29) is 5.54 Å². The maximum Gasteiger partial charge on any atom is 0.0737 e. The van der Waals surface area contributed by atoms with Crippen molar-refractivity contribution in [3.63, 3.8) is 0 Å². The van der Waals surface area contributed by atoms with Crippen molar-refractivity contribution in [3.8, 4) is 0 Å². The van der Waals surface area contributed by atoms with Crippen LogP contribution in [0.25, 0.3) is 0 Å². The van der Waals surface area contributed by atoms with Gasteiger partial charge in [0.2, 0.25) is 0 Å². The van der Waals surface area contributed by atoms with Crippen LogP contribution in [-0.4, -0.2) is 11.8 Å². The van der Waals surface area contributed by atoms with Gasteiger partial charge in [0.05, 0.1) is 5.54 Å². The van der Waals surface area contributed by atoms with Crippen molar-refractivity contribution < 1.29 is 0 Å². The van der Waals surface area contributed by atoms with Gasteiger partial charge in [-0.2, -0.15) is 0 Å². The molecule has 0 spiro atoms. The van der Waals surface area contributed by atoms with Crippen LogP contribution < -0.4 is 0 Å². The van der Waals surface area contributed by atoms with E-state index < -0.39 is 0 Å². The van der Waals surface area contributed by atoms with Crippen LogP contribution in [0.3, 0.4) is 0 Å². The summed E-state index contributed by atoms with van der Waals surface area (Å²) in [5.41, 5.74) is 2.71. The highest BCUT2D eigenvalue weighted by atomic mass is 14.8. The number of nitrogens with zero attached hydrogens (tertiary/aromatic N) is 1. The molecular formula is C14H25N. The van der Waals surface area contributed by atoms with Gasteiger partial charge in [0.15, 0.2) is 0 Å². The second-order valence-corrected chi connectivity index (χ2v) is 4.06. The third-order valence-electron chi connectivity index (χ3n) is 2.29. The van der Waals surface area contributed by atoms with Crippen LogP contribution in [0, 0.1) is 0 Å². The molecule has 1 aliphatic rings. The van der Waals surface area contributed by atoms with Crippen LogP contribution in [0.5, 0.6) is 0 Å². The normalized spacial score (nSPS) is 18.3. The predicted molar refractivity (Wildman–Crippen MR) is 70.7 cm³/mol. The molecule has 15 heavy (non-hydrogen) atoms. The second kappa shape index (κ2) is 6.60. The first-order chi connectivity index (χ1) is 7.07. The van der Waals surface area contributed by atoms with Gasteiger partial charge in [-0.15, -0.1) is 0 Å². The van der Waals surface area contributed by atoms with Crippen molar-refractivity contribution in [1.29, 1.82) is 0 Å². The molecule has 0 aromatic carbocycles. The smallest absolute Gasteiger partial charge is 0.0737 e. The molecular weight excluding hydrogens is 182 g/mol. The first-order valence-electron chi connectivity index (χ1n) is 6.05. The van der Waals surface area contributed by atoms with E-state index in [4.69, 9.17) is 0 Å². The van der Waals surface area contributed by atoms with Crippen LogP contribution in [0.2, 0.25) is 0 Å². The molecule has 0 unspecified atom stereocenters. The molecule has 86 valence electrons. The topological polar surface area (TPSA) is 12.4 Å². The lowest BCUT2D eigenvalue weighted by Crippen LogP contribution is -2.12. The summed E-state index contributed by atoms with van der Waals surface area (Å²) in [7, 11) is 0. The Morgan fingerprint density at radius 3 is 2.07 bits per heavy atom. The van der Waals surface area contributed by atoms with Crippen LogP contribution in [0.4, 0.5) is 0 Å². The summed E-state index contributed by atoms with van der Waals surface area (Å²) in [5.74, 6) is 0. The zero-order valence-corrected chi connectivity index (χ0v) is 11.1. The zero-order chi connectivity index (χ0) is 11.9. The average Bonchev–Trinajstić information content (AvgIpc) is 2.39. The first-order valence-corrected chi connectivity index (χ1v) is 6.05. The number of hydrogen-bond donors (Lipinski definition) is 0. The standard InChI is InChI=1S/C12H19N.C2H6/c1-5-10-7-11(6-2)9-13-12(3,4)8-10;1-2/h7-9H,5-6H2,1-4H3;1-2H3. The number of hydrogen-bond acceptors (Lipinski definition) is 1. The third-order valence-corrected chi connectivity index (χ3v) is 2.29. The van der Waals surface area contributed by atoms with Crippen molar-refractivity contribution in [2.24, 2.45) is 4.99 Å². The fourth-order valence-corrected chi connectivity index (χ4v) is 1.45. The molecule has 0 aliphatic carbocycles. The van der Waals surface area contributed by atoms with Gasteiger partial charge in [-0.05, 0) is 37.8 Å². The summed E-state index contributed by atoms with van der Waals surface area (Å²) < 4.78 is 0. The summed E-state index contributed by atoms with van der Waals surface area (Å²) in [5, 5.41) is 0. The summed E-state index contributed by atoms with van der Waals surface area (Å²) >= 11 is 0. The highest BCUT2D eigenvalue weighted by Gasteiger charge is 2.14. The van der Waals surface area contributed by atoms with E-state index in [0.29, 0.717) is 0 Å². The predicted octanol–water partition coefficient (Wildman–Crippen LogP) is 4.55. The van der Waals surface area contributed by atoms with Gasteiger partial charge >= 0.3 is 0 Å². The molecule has 1 aliphatic heterocycles. The van der Waals surface area contributed by atoms with Gasteiger partial charge < -0.3 is 0 Å². The fourth-order valence-electron chi connectivity index (χ4n) is 1.45. The minimum atomic E-state index is -0.0290. The van der Waals surface area contributed by atoms with Crippen LogP contribution in [0.15, 0.2) is 28.3 Å². The monoisotopic (exact) mass is 207 g/mol. The molecule has 0 atom stereocenters. The maximum absolute atomic E-state index is 4.54. The molecule has 0 bridgehead atoms. The van der Waals surface area contributed by atoms with Crippen molar-refractivity contribution >= 4 is 6.21 Å². The molecule has 1 heterocycles. The quantitative estimate of drug-likeness (QED) is 0.630. The Kier molecular flexibility index (Phi) is 6.23. The van der Waals surface area contributed by atoms with E-state index in [1.54, 1.807) is 0 Å². The van der Waals surface area contributed by atoms with E-state index in [2.05, 4.69) is 44.8 Å². The number of rotatable bonds is 2. The first kappa shape index (κ1) is 14.2. The molecule has 0 fully saturated rings. The van der Waals surface area contributed by atoms with Crippen LogP contribution >= 0.6 is 0 Å². The Hall–Kier alpha value is -0.850. The zero-order valence-electron chi connectivity index (χ0n) is 11.1. The molecule has 0 radical (unpaired) electrons. The summed E-state index contributed by atoms with van der Waals surface area (Å²) in [6, 6.07) is 0. The molecule has 0 amide bonds. The lowest BCUT2D eigenvalue weighted by molar-refractivity contribution is 0.656. The van der Waals surface area contributed by atoms with Crippen LogP contribution in [0.1, 0.15) is 54.4 Å². The molecule has 0 saturated carbocycles. The lowest BCUT2D eigenvalue weighted by atomic mass is 10.0. The summed E-state index contributed by atoms with van der Waals surface area (Å²) in [4.78, 5) is 4.54. The Labute approximate surface area is 95.0 Å². The Morgan fingerprint density at radius 1 is 1.07 bits per heavy atom. The molecule has 0 N–H and O–H groups in total. The lowest BCUT2D eigenvalue weighted by Gasteiger charge is -2.13. The second-order valence-electron chi connectivity index (χ2n) is 4.06. The van der Waals surface area contributed by atoms with E-state index in [1.807, 2.05) is 20.1 Å². The Balaban J connectivity index is 0.000000921. The van der Waals surface area contributed by atoms with Crippen LogP contribution in [-0.2, 0) is 0 Å². The minimum absolute atomic E-state index is 0.0290. The molecule has 1 heteroatoms. The third kappa shape index (κ3) is 4.96. The number of aliphatic imine (C=N–C) groups is 1. The van der Waals surface area contributed by atoms with Crippen molar-refractivity contribution in [2.45, 2.75) is 59.9 Å². The summed E-state index contributed by atoms with van der Waals surface area (Å²) in [6.07, 6.45) is 8.69. The average molecular weight is 207 g/mol. The van der Waals surface area contributed by atoms with E-state index in [0.717, 1.165) is 12.8 Å². The fraction of sp³-hybridized carbons (Fsp3) is 0.643. The molecule has 0 aromatic heterocycles. The largest absolute Gasteiger partial charge is 0.283 e. The van der Waals surface area contributed by atoms with Gasteiger partial charge in [0.25, 0.3) is 0 Å². The van der Waals surface area contributed by atoms with Gasteiger partial charge in [0.1, 0.15) is 0 Å². The van der Waals surface area contributed by atoms with Crippen molar-refractivity contribution in [3.05, 3.63) is 23.3 Å². The molecule has 0 saturated heterocycles. The summed E-state index contributed by atoms with van der Waals surface area (Å²) in [6.45, 7) is 12.7. The number of allylic oxidation sites excluding steroid dienone is 3.